The van der Waals surface area contributed by atoms with Crippen molar-refractivity contribution in [3.8, 4) is 11.5 Å². The molecule has 1 spiro atoms. The van der Waals surface area contributed by atoms with Gasteiger partial charge in [-0.05, 0) is 23.9 Å². The summed E-state index contributed by atoms with van der Waals surface area (Å²) in [5.74, 6) is -0.670. The van der Waals surface area contributed by atoms with Gasteiger partial charge >= 0.3 is 0 Å². The fraction of sp³-hybridized carbons (Fsp3) is 0.350. The molecular formula is C20H18O5. The summed E-state index contributed by atoms with van der Waals surface area (Å²) in [6.07, 6.45) is 0.701. The van der Waals surface area contributed by atoms with Crippen molar-refractivity contribution in [3.63, 3.8) is 0 Å². The van der Waals surface area contributed by atoms with Gasteiger partial charge in [0.1, 0.15) is 11.5 Å². The van der Waals surface area contributed by atoms with E-state index in [9.17, 15) is 15.0 Å². The number of carbonyl (C=O) groups is 1. The molecule has 2 aromatic rings. The summed E-state index contributed by atoms with van der Waals surface area (Å²) in [4.78, 5) is 12.4. The van der Waals surface area contributed by atoms with Crippen molar-refractivity contribution in [3.05, 3.63) is 48.0 Å². The minimum absolute atomic E-state index is 0.0637. The molecule has 2 N–H and O–H groups in total. The molecule has 2 aliphatic carbocycles. The van der Waals surface area contributed by atoms with Crippen molar-refractivity contribution in [1.29, 1.82) is 0 Å². The summed E-state index contributed by atoms with van der Waals surface area (Å²) in [5, 5.41) is 22.7. The average Bonchev–Trinajstić information content (AvgIpc) is 2.60. The lowest BCUT2D eigenvalue weighted by molar-refractivity contribution is -0.201. The van der Waals surface area contributed by atoms with E-state index in [-0.39, 0.29) is 12.2 Å². The van der Waals surface area contributed by atoms with Gasteiger partial charge in [-0.25, -0.2) is 0 Å². The molecule has 3 atom stereocenters. The van der Waals surface area contributed by atoms with E-state index >= 15 is 0 Å². The molecule has 3 aliphatic rings. The Balaban J connectivity index is 1.67. The van der Waals surface area contributed by atoms with E-state index in [4.69, 9.17) is 9.47 Å². The van der Waals surface area contributed by atoms with Crippen LogP contribution in [0.1, 0.15) is 19.3 Å². The van der Waals surface area contributed by atoms with Gasteiger partial charge in [-0.2, -0.15) is 0 Å². The normalized spacial score (nSPS) is 29.6. The fourth-order valence-corrected chi connectivity index (χ4v) is 4.40. The van der Waals surface area contributed by atoms with Gasteiger partial charge in [0, 0.05) is 18.4 Å². The van der Waals surface area contributed by atoms with Gasteiger partial charge in [0.05, 0.1) is 23.5 Å². The molecule has 2 aromatic carbocycles. The van der Waals surface area contributed by atoms with Crippen molar-refractivity contribution in [2.24, 2.45) is 5.92 Å². The number of carbonyl (C=O) groups excluding carboxylic acids is 1. The number of rotatable bonds is 0. The number of ketones is 1. The smallest absolute Gasteiger partial charge is 0.261 e. The van der Waals surface area contributed by atoms with Gasteiger partial charge < -0.3 is 19.7 Å². The zero-order valence-electron chi connectivity index (χ0n) is 13.5. The second-order valence-corrected chi connectivity index (χ2v) is 6.99. The van der Waals surface area contributed by atoms with Gasteiger partial charge in [-0.15, -0.1) is 0 Å². The Hall–Kier alpha value is -2.37. The zero-order valence-corrected chi connectivity index (χ0v) is 13.5. The van der Waals surface area contributed by atoms with Crippen molar-refractivity contribution in [2.45, 2.75) is 37.3 Å². The highest BCUT2D eigenvalue weighted by atomic mass is 16.7. The van der Waals surface area contributed by atoms with Crippen LogP contribution in [0.3, 0.4) is 0 Å². The van der Waals surface area contributed by atoms with E-state index in [0.29, 0.717) is 29.9 Å². The molecule has 0 bridgehead atoms. The van der Waals surface area contributed by atoms with Crippen LogP contribution >= 0.6 is 0 Å². The number of Topliss-reactive ketones (excluding diaryl/α,β-unsaturated/α-hetero) is 1. The maximum Gasteiger partial charge on any atom is 0.261 e. The minimum Gasteiger partial charge on any atom is -0.451 e. The van der Waals surface area contributed by atoms with E-state index in [1.807, 2.05) is 42.5 Å². The number of aliphatic hydroxyl groups is 2. The van der Waals surface area contributed by atoms with Crippen molar-refractivity contribution < 1.29 is 24.5 Å². The highest BCUT2D eigenvalue weighted by molar-refractivity contribution is 5.98. The molecule has 128 valence electrons. The summed E-state index contributed by atoms with van der Waals surface area (Å²) >= 11 is 0. The van der Waals surface area contributed by atoms with Gasteiger partial charge in [0.2, 0.25) is 0 Å². The number of ether oxygens (including phenoxy) is 2. The van der Waals surface area contributed by atoms with Crippen molar-refractivity contribution in [1.82, 2.24) is 0 Å². The van der Waals surface area contributed by atoms with E-state index in [1.54, 1.807) is 0 Å². The summed E-state index contributed by atoms with van der Waals surface area (Å²) in [6, 6.07) is 11.6. The van der Waals surface area contributed by atoms with E-state index in [1.165, 1.54) is 0 Å². The molecular weight excluding hydrogens is 320 g/mol. The van der Waals surface area contributed by atoms with Crippen LogP contribution in [0, 0.1) is 5.92 Å². The number of benzene rings is 2. The van der Waals surface area contributed by atoms with Crippen LogP contribution < -0.4 is 9.47 Å². The molecule has 5 heteroatoms. The Bertz CT molecular complexity index is 875. The molecule has 5 nitrogen and oxygen atoms in total. The highest BCUT2D eigenvalue weighted by Crippen LogP contribution is 2.50. The van der Waals surface area contributed by atoms with Gasteiger partial charge in [-0.3, -0.25) is 4.79 Å². The first-order chi connectivity index (χ1) is 12.1. The van der Waals surface area contributed by atoms with Crippen LogP contribution in [0.25, 0.3) is 10.8 Å². The fourth-order valence-electron chi connectivity index (χ4n) is 4.40. The molecule has 1 heterocycles. The van der Waals surface area contributed by atoms with Crippen LogP contribution in [0.15, 0.2) is 48.0 Å². The van der Waals surface area contributed by atoms with E-state index in [2.05, 4.69) is 0 Å². The molecule has 0 radical (unpaired) electrons. The van der Waals surface area contributed by atoms with Gasteiger partial charge in [-0.1, -0.05) is 30.3 Å². The summed E-state index contributed by atoms with van der Waals surface area (Å²) < 4.78 is 12.6. The Morgan fingerprint density at radius 1 is 1.04 bits per heavy atom. The Morgan fingerprint density at radius 3 is 2.40 bits per heavy atom. The predicted molar refractivity (Wildman–Crippen MR) is 90.4 cm³/mol. The number of hydrogen-bond acceptors (Lipinski definition) is 5. The van der Waals surface area contributed by atoms with E-state index in [0.717, 1.165) is 10.8 Å². The zero-order chi connectivity index (χ0) is 17.2. The highest BCUT2D eigenvalue weighted by Gasteiger charge is 2.57. The molecule has 0 unspecified atom stereocenters. The number of allylic oxidation sites excluding steroid dienone is 1. The lowest BCUT2D eigenvalue weighted by Gasteiger charge is -2.49. The Morgan fingerprint density at radius 2 is 1.72 bits per heavy atom. The first-order valence-corrected chi connectivity index (χ1v) is 8.58. The predicted octanol–water partition coefficient (Wildman–Crippen LogP) is 2.34. The Labute approximate surface area is 144 Å². The molecule has 0 amide bonds. The summed E-state index contributed by atoms with van der Waals surface area (Å²) in [6.45, 7) is 0. The molecule has 1 fully saturated rings. The second-order valence-electron chi connectivity index (χ2n) is 6.99. The molecule has 5 rings (SSSR count). The number of fused-ring (bicyclic) bond motifs is 2. The third-order valence-corrected chi connectivity index (χ3v) is 5.51. The van der Waals surface area contributed by atoms with Crippen LogP contribution in [0.4, 0.5) is 0 Å². The standard InChI is InChI=1S/C20H18O5/c21-13-10-14(22)19(23)18-12(13)6-3-9-20(18)24-15-7-1-4-11-5-2-8-16(25-20)17(11)15/h1-2,4-8,14,18-19,22-23H,3,9-10H2/t14-,18-,19+/m1/s1. The summed E-state index contributed by atoms with van der Waals surface area (Å²) in [5.41, 5.74) is 0.510. The molecule has 25 heavy (non-hydrogen) atoms. The lowest BCUT2D eigenvalue weighted by Crippen LogP contribution is -2.61. The lowest BCUT2D eigenvalue weighted by atomic mass is 9.70. The monoisotopic (exact) mass is 338 g/mol. The van der Waals surface area contributed by atoms with Crippen LogP contribution in [0.5, 0.6) is 11.5 Å². The minimum atomic E-state index is -1.18. The van der Waals surface area contributed by atoms with Crippen molar-refractivity contribution in [2.75, 3.05) is 0 Å². The Kier molecular flexibility index (Phi) is 3.03. The third kappa shape index (κ3) is 2.00. The van der Waals surface area contributed by atoms with Crippen LogP contribution in [-0.2, 0) is 4.79 Å². The maximum absolute atomic E-state index is 12.4. The second kappa shape index (κ2) is 5.07. The first-order valence-electron chi connectivity index (χ1n) is 8.58. The SMILES string of the molecule is O=C1C[C@@H](O)[C@H](O)[C@H]2C1=CCCC21Oc2cccc3cccc(c23)O1. The number of aliphatic hydroxyl groups excluding tert-OH is 2. The topological polar surface area (TPSA) is 76.0 Å². The maximum atomic E-state index is 12.4. The first kappa shape index (κ1) is 14.9. The molecule has 1 saturated carbocycles. The quantitative estimate of drug-likeness (QED) is 0.771. The summed E-state index contributed by atoms with van der Waals surface area (Å²) in [7, 11) is 0. The van der Waals surface area contributed by atoms with Gasteiger partial charge in [0.25, 0.3) is 5.79 Å². The molecule has 0 aromatic heterocycles. The largest absolute Gasteiger partial charge is 0.451 e. The van der Waals surface area contributed by atoms with Crippen LogP contribution in [0.2, 0.25) is 0 Å². The average molecular weight is 338 g/mol. The third-order valence-electron chi connectivity index (χ3n) is 5.51. The number of hydrogen-bond donors (Lipinski definition) is 2. The van der Waals surface area contributed by atoms with Crippen LogP contribution in [-0.4, -0.2) is 34.0 Å². The van der Waals surface area contributed by atoms with E-state index < -0.39 is 23.9 Å². The van der Waals surface area contributed by atoms with Gasteiger partial charge in [0.15, 0.2) is 5.78 Å². The molecule has 1 aliphatic heterocycles. The molecule has 0 saturated heterocycles. The van der Waals surface area contributed by atoms with Crippen molar-refractivity contribution >= 4 is 16.6 Å².